The number of ether oxygens (including phenoxy) is 1. The molecule has 5 heteroatoms. The number of benzene rings is 1. The molecule has 2 unspecified atom stereocenters. The van der Waals surface area contributed by atoms with Gasteiger partial charge in [0.2, 0.25) is 0 Å². The second kappa shape index (κ2) is 8.32. The first-order chi connectivity index (χ1) is 12.1. The van der Waals surface area contributed by atoms with E-state index >= 15 is 0 Å². The lowest BCUT2D eigenvalue weighted by atomic mass is 10.1. The fourth-order valence-corrected chi connectivity index (χ4v) is 3.84. The van der Waals surface area contributed by atoms with Gasteiger partial charge in [-0.05, 0) is 30.9 Å². The second-order valence-corrected chi connectivity index (χ2v) is 7.59. The van der Waals surface area contributed by atoms with Gasteiger partial charge >= 0.3 is 0 Å². The van der Waals surface area contributed by atoms with Crippen molar-refractivity contribution in [2.45, 2.75) is 52.4 Å². The van der Waals surface area contributed by atoms with Gasteiger partial charge in [-0.2, -0.15) is 0 Å². The quantitative estimate of drug-likeness (QED) is 0.689. The van der Waals surface area contributed by atoms with Crippen molar-refractivity contribution in [3.8, 4) is 0 Å². The van der Waals surface area contributed by atoms with E-state index in [2.05, 4.69) is 65.8 Å². The Bertz CT molecular complexity index is 694. The number of hydrazine groups is 1. The van der Waals surface area contributed by atoms with Crippen molar-refractivity contribution in [1.29, 1.82) is 0 Å². The molecule has 1 aromatic carbocycles. The summed E-state index contributed by atoms with van der Waals surface area (Å²) in [4.78, 5) is 0. The molecule has 2 atom stereocenters. The fourth-order valence-electron chi connectivity index (χ4n) is 3.84. The standard InChI is InChI=1S/C20H32N4O/c1-14(2)12-24-15(3)19(18-7-5-6-8-20(18)24)11-21-10-16-9-17(13-25-4)23-22-16/h5-8,14,16-17,21-23H,9-13H2,1-4H3. The molecule has 2 aromatic rings. The van der Waals surface area contributed by atoms with Gasteiger partial charge in [-0.1, -0.05) is 32.0 Å². The average molecular weight is 345 g/mol. The molecule has 0 radical (unpaired) electrons. The lowest BCUT2D eigenvalue weighted by Gasteiger charge is -2.13. The highest BCUT2D eigenvalue weighted by Gasteiger charge is 2.23. The van der Waals surface area contributed by atoms with E-state index in [1.165, 1.54) is 22.2 Å². The van der Waals surface area contributed by atoms with Crippen molar-refractivity contribution in [1.82, 2.24) is 20.7 Å². The van der Waals surface area contributed by atoms with E-state index < -0.39 is 0 Å². The SMILES string of the molecule is COCC1CC(CNCc2c(C)n(CC(C)C)c3ccccc23)NN1. The minimum atomic E-state index is 0.409. The first-order valence-corrected chi connectivity index (χ1v) is 9.37. The summed E-state index contributed by atoms with van der Waals surface area (Å²) >= 11 is 0. The number of para-hydroxylation sites is 1. The molecular weight excluding hydrogens is 312 g/mol. The Hall–Kier alpha value is -1.40. The van der Waals surface area contributed by atoms with Crippen molar-refractivity contribution >= 4 is 10.9 Å². The molecule has 0 saturated carbocycles. The summed E-state index contributed by atoms with van der Waals surface area (Å²) in [5.74, 6) is 0.641. The molecular formula is C20H32N4O. The van der Waals surface area contributed by atoms with Crippen LogP contribution >= 0.6 is 0 Å². The summed E-state index contributed by atoms with van der Waals surface area (Å²) in [5.41, 5.74) is 10.8. The molecule has 0 bridgehead atoms. The van der Waals surface area contributed by atoms with Crippen LogP contribution in [0.4, 0.5) is 0 Å². The Morgan fingerprint density at radius 3 is 2.76 bits per heavy atom. The summed E-state index contributed by atoms with van der Waals surface area (Å²) in [6.07, 6.45) is 1.09. The first-order valence-electron chi connectivity index (χ1n) is 9.37. The van der Waals surface area contributed by atoms with Crippen LogP contribution in [0.25, 0.3) is 10.9 Å². The summed E-state index contributed by atoms with van der Waals surface area (Å²) < 4.78 is 7.69. The maximum atomic E-state index is 5.22. The van der Waals surface area contributed by atoms with Crippen LogP contribution < -0.4 is 16.2 Å². The van der Waals surface area contributed by atoms with Crippen LogP contribution in [0.2, 0.25) is 0 Å². The van der Waals surface area contributed by atoms with Gasteiger partial charge in [0.05, 0.1) is 6.61 Å². The molecule has 138 valence electrons. The van der Waals surface area contributed by atoms with Gasteiger partial charge in [-0.3, -0.25) is 10.9 Å². The zero-order chi connectivity index (χ0) is 17.8. The number of fused-ring (bicyclic) bond motifs is 1. The number of hydrogen-bond donors (Lipinski definition) is 3. The summed E-state index contributed by atoms with van der Waals surface area (Å²) in [7, 11) is 1.75. The average Bonchev–Trinajstić information content (AvgIpc) is 3.13. The Balaban J connectivity index is 1.66. The van der Waals surface area contributed by atoms with Crippen molar-refractivity contribution in [3.63, 3.8) is 0 Å². The third-order valence-electron chi connectivity index (χ3n) is 5.03. The van der Waals surface area contributed by atoms with Crippen molar-refractivity contribution < 1.29 is 4.74 Å². The molecule has 25 heavy (non-hydrogen) atoms. The monoisotopic (exact) mass is 344 g/mol. The van der Waals surface area contributed by atoms with Crippen LogP contribution in [0, 0.1) is 12.8 Å². The largest absolute Gasteiger partial charge is 0.383 e. The Kier molecular flexibility index (Phi) is 6.12. The number of nitrogens with zero attached hydrogens (tertiary/aromatic N) is 1. The maximum absolute atomic E-state index is 5.22. The number of nitrogens with one attached hydrogen (secondary N) is 3. The molecule has 3 rings (SSSR count). The predicted molar refractivity (Wildman–Crippen MR) is 104 cm³/mol. The number of methoxy groups -OCH3 is 1. The van der Waals surface area contributed by atoms with Crippen molar-refractivity contribution in [2.75, 3.05) is 20.3 Å². The smallest absolute Gasteiger partial charge is 0.0630 e. The Morgan fingerprint density at radius 1 is 1.24 bits per heavy atom. The van der Waals surface area contributed by atoms with Gasteiger partial charge in [0, 0.05) is 55.4 Å². The van der Waals surface area contributed by atoms with E-state index in [0.29, 0.717) is 18.0 Å². The minimum Gasteiger partial charge on any atom is -0.383 e. The van der Waals surface area contributed by atoms with Gasteiger partial charge < -0.3 is 14.6 Å². The molecule has 0 aliphatic carbocycles. The third-order valence-corrected chi connectivity index (χ3v) is 5.03. The lowest BCUT2D eigenvalue weighted by Crippen LogP contribution is -2.39. The van der Waals surface area contributed by atoms with Crippen LogP contribution in [0.15, 0.2) is 24.3 Å². The molecule has 1 fully saturated rings. The zero-order valence-electron chi connectivity index (χ0n) is 15.9. The number of rotatable bonds is 8. The van der Waals surface area contributed by atoms with Crippen molar-refractivity contribution in [2.24, 2.45) is 5.92 Å². The highest BCUT2D eigenvalue weighted by Crippen LogP contribution is 2.26. The molecule has 0 amide bonds. The van der Waals surface area contributed by atoms with E-state index in [-0.39, 0.29) is 0 Å². The lowest BCUT2D eigenvalue weighted by molar-refractivity contribution is 0.171. The molecule has 1 saturated heterocycles. The van der Waals surface area contributed by atoms with Gasteiger partial charge in [0.25, 0.3) is 0 Å². The topological polar surface area (TPSA) is 50.2 Å². The van der Waals surface area contributed by atoms with E-state index in [0.717, 1.165) is 32.7 Å². The summed E-state index contributed by atoms with van der Waals surface area (Å²) in [6.45, 7) is 10.5. The zero-order valence-corrected chi connectivity index (χ0v) is 15.9. The van der Waals surface area contributed by atoms with Crippen molar-refractivity contribution in [3.05, 3.63) is 35.5 Å². The van der Waals surface area contributed by atoms with Crippen LogP contribution in [-0.4, -0.2) is 36.9 Å². The summed E-state index contributed by atoms with van der Waals surface area (Å²) in [5, 5.41) is 5.03. The normalized spacial score (nSPS) is 20.8. The molecule has 1 aliphatic heterocycles. The molecule has 1 aliphatic rings. The minimum absolute atomic E-state index is 0.409. The third kappa shape index (κ3) is 4.23. The number of hydrogen-bond acceptors (Lipinski definition) is 4. The Morgan fingerprint density at radius 2 is 2.00 bits per heavy atom. The van der Waals surface area contributed by atoms with E-state index in [1.807, 2.05) is 0 Å². The van der Waals surface area contributed by atoms with Gasteiger partial charge in [0.15, 0.2) is 0 Å². The molecule has 3 N–H and O–H groups in total. The highest BCUT2D eigenvalue weighted by molar-refractivity contribution is 5.85. The van der Waals surface area contributed by atoms with Crippen LogP contribution in [0.5, 0.6) is 0 Å². The molecule has 5 nitrogen and oxygen atoms in total. The van der Waals surface area contributed by atoms with Crippen LogP contribution in [0.3, 0.4) is 0 Å². The predicted octanol–water partition coefficient (Wildman–Crippen LogP) is 2.58. The van der Waals surface area contributed by atoms with E-state index in [1.54, 1.807) is 7.11 Å². The van der Waals surface area contributed by atoms with E-state index in [9.17, 15) is 0 Å². The van der Waals surface area contributed by atoms with Gasteiger partial charge in [-0.15, -0.1) is 0 Å². The highest BCUT2D eigenvalue weighted by atomic mass is 16.5. The van der Waals surface area contributed by atoms with Crippen LogP contribution in [-0.2, 0) is 17.8 Å². The fraction of sp³-hybridized carbons (Fsp3) is 0.600. The molecule has 2 heterocycles. The van der Waals surface area contributed by atoms with Gasteiger partial charge in [-0.25, -0.2) is 0 Å². The Labute approximate surface area is 151 Å². The second-order valence-electron chi connectivity index (χ2n) is 7.59. The number of aromatic nitrogens is 1. The van der Waals surface area contributed by atoms with Gasteiger partial charge in [0.1, 0.15) is 0 Å². The molecule has 1 aromatic heterocycles. The summed E-state index contributed by atoms with van der Waals surface area (Å²) in [6, 6.07) is 9.63. The molecule has 0 spiro atoms. The van der Waals surface area contributed by atoms with Crippen LogP contribution in [0.1, 0.15) is 31.5 Å². The maximum Gasteiger partial charge on any atom is 0.0630 e. The van der Waals surface area contributed by atoms with E-state index in [4.69, 9.17) is 4.74 Å². The first kappa shape index (κ1) is 18.4.